The van der Waals surface area contributed by atoms with Gasteiger partial charge in [0, 0.05) is 32.5 Å². The average Bonchev–Trinajstić information content (AvgIpc) is 2.84. The molecule has 1 aliphatic rings. The number of thioether (sulfide) groups is 1. The Morgan fingerprint density at radius 3 is 2.52 bits per heavy atom. The number of pyridine rings is 1. The maximum atomic E-state index is 4.99. The molecule has 1 aromatic carbocycles. The van der Waals surface area contributed by atoms with E-state index in [-0.39, 0.29) is 2.85 Å². The van der Waals surface area contributed by atoms with Crippen LogP contribution in [0.2, 0.25) is 0 Å². The fourth-order valence-electron chi connectivity index (χ4n) is 3.62. The summed E-state index contributed by atoms with van der Waals surface area (Å²) < 4.78 is 4.99. The van der Waals surface area contributed by atoms with Crippen molar-refractivity contribution in [2.75, 3.05) is 25.7 Å². The lowest BCUT2D eigenvalue weighted by atomic mass is 9.95. The largest absolute Gasteiger partial charge is 0.365 e. The maximum Gasteiger partial charge on any atom is 0.128 e. The molecule has 1 aliphatic carbocycles. The Kier molecular flexibility index (Phi) is 15.6. The molecule has 0 amide bonds. The number of fused-ring (bicyclic) bond motifs is 1. The number of allylic oxidation sites excluding steroid dienone is 1. The molecule has 3 rings (SSSR count). The predicted molar refractivity (Wildman–Crippen MR) is 154 cm³/mol. The van der Waals surface area contributed by atoms with E-state index in [9.17, 15) is 0 Å². The number of benzene rings is 1. The van der Waals surface area contributed by atoms with E-state index in [1.807, 2.05) is 33.0 Å². The summed E-state index contributed by atoms with van der Waals surface area (Å²) in [7, 11) is 1.64. The third kappa shape index (κ3) is 11.7. The van der Waals surface area contributed by atoms with Crippen molar-refractivity contribution in [3.05, 3.63) is 54.1 Å². The molecule has 0 unspecified atom stereocenters. The van der Waals surface area contributed by atoms with Crippen molar-refractivity contribution in [2.45, 2.75) is 78.7 Å². The number of unbranched alkanes of at least 4 members (excludes halogenated alkanes) is 1. The lowest BCUT2D eigenvalue weighted by Gasteiger charge is -2.22. The highest BCUT2D eigenvalue weighted by Gasteiger charge is 2.11. The van der Waals surface area contributed by atoms with Crippen molar-refractivity contribution in [1.82, 2.24) is 10.3 Å². The van der Waals surface area contributed by atoms with Crippen LogP contribution in [0.3, 0.4) is 0 Å². The van der Waals surface area contributed by atoms with Crippen LogP contribution in [-0.4, -0.2) is 31.4 Å². The summed E-state index contributed by atoms with van der Waals surface area (Å²) >= 11 is 1.59. The second-order valence-electron chi connectivity index (χ2n) is 8.11. The van der Waals surface area contributed by atoms with Gasteiger partial charge in [-0.1, -0.05) is 83.5 Å². The van der Waals surface area contributed by atoms with Crippen LogP contribution in [0.4, 0.5) is 5.82 Å². The van der Waals surface area contributed by atoms with Crippen LogP contribution in [0.5, 0.6) is 0 Å². The fraction of sp³-hybridized carbons (Fsp3) is 0.536. The maximum absolute atomic E-state index is 4.99. The molecule has 1 heterocycles. The summed E-state index contributed by atoms with van der Waals surface area (Å²) in [5, 5.41) is 8.94. The highest BCUT2D eigenvalue weighted by atomic mass is 32.2. The first-order valence-electron chi connectivity index (χ1n) is 12.4. The van der Waals surface area contributed by atoms with Crippen LogP contribution in [0.15, 0.2) is 48.5 Å². The molecule has 1 aromatic heterocycles. The molecule has 0 radical (unpaired) electrons. The summed E-state index contributed by atoms with van der Waals surface area (Å²) in [4.78, 5) is 6.37. The molecule has 4 nitrogen and oxygen atoms in total. The first-order valence-corrected chi connectivity index (χ1v) is 13.2. The van der Waals surface area contributed by atoms with Gasteiger partial charge in [-0.05, 0) is 60.7 Å². The standard InChI is InChI=1S/C16H18N2OS.C10H21N.C2H6.2H2/c1-11(2)20-12(3)13-5-6-14-9-17-16(18-10-19-4)8-15(14)7-13;1-2-3-9-11-10-7-5-4-6-8-10;1-2;;/h5-9H,1,3,10H2,2,4H3,(H,17,18);10-11H,2-9H2,1H3;1-2H3;2*1H. The van der Waals surface area contributed by atoms with Gasteiger partial charge in [-0.3, -0.25) is 0 Å². The summed E-state index contributed by atoms with van der Waals surface area (Å²) in [6.45, 7) is 17.9. The zero-order valence-electron chi connectivity index (χ0n) is 21.5. The molecular weight excluding hydrogens is 426 g/mol. The molecule has 2 aromatic rings. The quantitative estimate of drug-likeness (QED) is 0.266. The van der Waals surface area contributed by atoms with E-state index in [4.69, 9.17) is 4.74 Å². The predicted octanol–water partition coefficient (Wildman–Crippen LogP) is 8.72. The number of nitrogens with zero attached hydrogens (tertiary/aromatic N) is 1. The van der Waals surface area contributed by atoms with Crippen molar-refractivity contribution in [3.8, 4) is 0 Å². The van der Waals surface area contributed by atoms with Gasteiger partial charge in [-0.2, -0.15) is 0 Å². The van der Waals surface area contributed by atoms with Gasteiger partial charge in [-0.25, -0.2) is 4.98 Å². The molecule has 0 spiro atoms. The van der Waals surface area contributed by atoms with Crippen LogP contribution in [0.1, 0.15) is 81.1 Å². The first-order chi connectivity index (χ1) is 16.0. The number of hydrogen-bond donors (Lipinski definition) is 2. The van der Waals surface area contributed by atoms with Gasteiger partial charge < -0.3 is 15.4 Å². The SMILES string of the molecule is C=C(C)SC(=C)c1ccc2cnc(NCOC)cc2c1.CC.CCCCNC1CCCCC1.[HH].[HH]. The van der Waals surface area contributed by atoms with Crippen LogP contribution < -0.4 is 10.6 Å². The molecule has 0 bridgehead atoms. The van der Waals surface area contributed by atoms with Gasteiger partial charge in [0.15, 0.2) is 0 Å². The number of aromatic nitrogens is 1. The van der Waals surface area contributed by atoms with E-state index in [1.54, 1.807) is 18.9 Å². The molecule has 2 N–H and O–H groups in total. The minimum absolute atomic E-state index is 0. The zero-order chi connectivity index (χ0) is 24.5. The molecule has 33 heavy (non-hydrogen) atoms. The Balaban J connectivity index is 0. The third-order valence-electron chi connectivity index (χ3n) is 5.31. The van der Waals surface area contributed by atoms with Gasteiger partial charge in [0.25, 0.3) is 0 Å². The molecule has 0 saturated heterocycles. The highest BCUT2D eigenvalue weighted by molar-refractivity contribution is 8.11. The van der Waals surface area contributed by atoms with Crippen molar-refractivity contribution in [3.63, 3.8) is 0 Å². The number of anilines is 1. The average molecular weight is 476 g/mol. The summed E-state index contributed by atoms with van der Waals surface area (Å²) in [5.74, 6) is 0.801. The first kappa shape index (κ1) is 29.2. The monoisotopic (exact) mass is 475 g/mol. The fourth-order valence-corrected chi connectivity index (χ4v) is 4.28. The normalized spacial score (nSPS) is 13.4. The smallest absolute Gasteiger partial charge is 0.128 e. The lowest BCUT2D eigenvalue weighted by molar-refractivity contribution is 0.221. The number of rotatable bonds is 10. The van der Waals surface area contributed by atoms with E-state index in [1.165, 1.54) is 51.5 Å². The molecule has 0 atom stereocenters. The molecule has 1 saturated carbocycles. The van der Waals surface area contributed by atoms with Gasteiger partial charge in [0.1, 0.15) is 12.5 Å². The Bertz CT molecular complexity index is 842. The van der Waals surface area contributed by atoms with Crippen molar-refractivity contribution in [2.24, 2.45) is 0 Å². The molecule has 5 heteroatoms. The number of nitrogens with one attached hydrogen (secondary N) is 2. The molecule has 1 fully saturated rings. The van der Waals surface area contributed by atoms with E-state index >= 15 is 0 Å². The number of methoxy groups -OCH3 is 1. The van der Waals surface area contributed by atoms with Crippen molar-refractivity contribution in [1.29, 1.82) is 0 Å². The second kappa shape index (κ2) is 17.6. The molecular formula is C28H49N3OS. The van der Waals surface area contributed by atoms with E-state index in [2.05, 4.69) is 53.9 Å². The minimum Gasteiger partial charge on any atom is -0.365 e. The number of hydrogen-bond acceptors (Lipinski definition) is 5. The lowest BCUT2D eigenvalue weighted by Crippen LogP contribution is -2.31. The van der Waals surface area contributed by atoms with Gasteiger partial charge in [0.2, 0.25) is 0 Å². The van der Waals surface area contributed by atoms with E-state index in [0.29, 0.717) is 6.73 Å². The van der Waals surface area contributed by atoms with Gasteiger partial charge in [-0.15, -0.1) is 0 Å². The van der Waals surface area contributed by atoms with Crippen LogP contribution in [0, 0.1) is 0 Å². The minimum atomic E-state index is 0. The van der Waals surface area contributed by atoms with Gasteiger partial charge >= 0.3 is 0 Å². The van der Waals surface area contributed by atoms with E-state index in [0.717, 1.165) is 38.0 Å². The Labute approximate surface area is 209 Å². The van der Waals surface area contributed by atoms with Crippen LogP contribution >= 0.6 is 11.8 Å². The van der Waals surface area contributed by atoms with Crippen LogP contribution in [0.25, 0.3) is 15.7 Å². The summed E-state index contributed by atoms with van der Waals surface area (Å²) in [6.07, 6.45) is 11.7. The van der Waals surface area contributed by atoms with Crippen molar-refractivity contribution >= 4 is 33.3 Å². The summed E-state index contributed by atoms with van der Waals surface area (Å²) in [6, 6.07) is 9.10. The Morgan fingerprint density at radius 2 is 1.88 bits per heavy atom. The van der Waals surface area contributed by atoms with E-state index < -0.39 is 0 Å². The Hall–Kier alpha value is -1.82. The third-order valence-corrected chi connectivity index (χ3v) is 6.14. The molecule has 0 aliphatic heterocycles. The van der Waals surface area contributed by atoms with Gasteiger partial charge in [0.05, 0.1) is 0 Å². The topological polar surface area (TPSA) is 46.2 Å². The number of ether oxygens (including phenoxy) is 1. The van der Waals surface area contributed by atoms with Crippen LogP contribution in [-0.2, 0) is 4.74 Å². The highest BCUT2D eigenvalue weighted by Crippen LogP contribution is 2.32. The summed E-state index contributed by atoms with van der Waals surface area (Å²) in [5.41, 5.74) is 1.11. The van der Waals surface area contributed by atoms with Crippen molar-refractivity contribution < 1.29 is 7.59 Å². The zero-order valence-corrected chi connectivity index (χ0v) is 22.3. The second-order valence-corrected chi connectivity index (χ2v) is 9.50. The molecule has 188 valence electrons. The Morgan fingerprint density at radius 1 is 1.15 bits per heavy atom.